The topological polar surface area (TPSA) is 63.3 Å². The minimum Gasteiger partial charge on any atom is -0.481 e. The molecule has 0 saturated carbocycles. The van der Waals surface area contributed by atoms with Crippen LogP contribution in [0.4, 0.5) is 13.2 Å². The first-order chi connectivity index (χ1) is 9.36. The van der Waals surface area contributed by atoms with Crippen molar-refractivity contribution in [2.75, 3.05) is 0 Å². The molecule has 0 spiro atoms. The van der Waals surface area contributed by atoms with Gasteiger partial charge in [-0.25, -0.2) is 4.98 Å². The quantitative estimate of drug-likeness (QED) is 0.853. The Labute approximate surface area is 112 Å². The Bertz CT molecular complexity index is 619. The number of carboxylic acid groups (broad SMARTS) is 1. The van der Waals surface area contributed by atoms with Crippen molar-refractivity contribution in [3.05, 3.63) is 29.7 Å². The number of nitrogens with zero attached hydrogens (tertiary/aromatic N) is 1. The molecule has 0 atom stereocenters. The van der Waals surface area contributed by atoms with E-state index in [1.54, 1.807) is 0 Å². The second-order valence-electron chi connectivity index (χ2n) is 4.39. The van der Waals surface area contributed by atoms with Gasteiger partial charge in [-0.2, -0.15) is 13.2 Å². The van der Waals surface area contributed by atoms with Gasteiger partial charge in [0, 0.05) is 12.8 Å². The number of oxazole rings is 1. The standard InChI is InChI=1S/C13H12F3NO3/c14-13(15,16)8-5-6-10-9(7-8)17-11(20-10)3-1-2-4-12(18)19/h5-7H,1-4H2,(H,18,19). The van der Waals surface area contributed by atoms with Crippen molar-refractivity contribution in [2.24, 2.45) is 0 Å². The Hall–Kier alpha value is -2.05. The molecular weight excluding hydrogens is 275 g/mol. The largest absolute Gasteiger partial charge is 0.481 e. The molecule has 0 unspecified atom stereocenters. The average molecular weight is 287 g/mol. The van der Waals surface area contributed by atoms with E-state index in [0.29, 0.717) is 30.7 Å². The molecule has 0 bridgehead atoms. The number of aromatic nitrogens is 1. The monoisotopic (exact) mass is 287 g/mol. The highest BCUT2D eigenvalue weighted by Gasteiger charge is 2.30. The molecule has 20 heavy (non-hydrogen) atoms. The third-order valence-corrected chi connectivity index (χ3v) is 2.79. The highest BCUT2D eigenvalue weighted by atomic mass is 19.4. The highest BCUT2D eigenvalue weighted by molar-refractivity contribution is 5.73. The van der Waals surface area contributed by atoms with Crippen molar-refractivity contribution in [1.29, 1.82) is 0 Å². The number of aryl methyl sites for hydroxylation is 1. The Kier molecular flexibility index (Phi) is 3.96. The first-order valence-corrected chi connectivity index (χ1v) is 6.05. The third kappa shape index (κ3) is 3.49. The molecule has 7 heteroatoms. The molecule has 4 nitrogen and oxygen atoms in total. The molecule has 1 aromatic heterocycles. The molecule has 0 amide bonds. The van der Waals surface area contributed by atoms with Crippen LogP contribution in [0, 0.1) is 0 Å². The molecule has 0 fully saturated rings. The van der Waals surface area contributed by atoms with E-state index in [4.69, 9.17) is 9.52 Å². The van der Waals surface area contributed by atoms with Crippen LogP contribution in [0.3, 0.4) is 0 Å². The summed E-state index contributed by atoms with van der Waals surface area (Å²) in [4.78, 5) is 14.3. The Balaban J connectivity index is 2.07. The lowest BCUT2D eigenvalue weighted by atomic mass is 10.2. The van der Waals surface area contributed by atoms with Crippen LogP contribution < -0.4 is 0 Å². The summed E-state index contributed by atoms with van der Waals surface area (Å²) in [7, 11) is 0. The maximum atomic E-state index is 12.5. The lowest BCUT2D eigenvalue weighted by molar-refractivity contribution is -0.138. The molecular formula is C13H12F3NO3. The van der Waals surface area contributed by atoms with E-state index in [9.17, 15) is 18.0 Å². The Morgan fingerprint density at radius 2 is 2.05 bits per heavy atom. The third-order valence-electron chi connectivity index (χ3n) is 2.79. The average Bonchev–Trinajstić information content (AvgIpc) is 2.74. The normalized spacial score (nSPS) is 11.9. The second kappa shape index (κ2) is 5.52. The van der Waals surface area contributed by atoms with E-state index < -0.39 is 17.7 Å². The number of carbonyl (C=O) groups is 1. The molecule has 0 aliphatic rings. The van der Waals surface area contributed by atoms with Crippen LogP contribution in [0.15, 0.2) is 22.6 Å². The van der Waals surface area contributed by atoms with Gasteiger partial charge in [-0.05, 0) is 31.0 Å². The van der Waals surface area contributed by atoms with E-state index in [1.165, 1.54) is 6.07 Å². The predicted molar refractivity (Wildman–Crippen MR) is 64.2 cm³/mol. The first kappa shape index (κ1) is 14.4. The SMILES string of the molecule is O=C(O)CCCCc1nc2cc(C(F)(F)F)ccc2o1. The smallest absolute Gasteiger partial charge is 0.416 e. The summed E-state index contributed by atoms with van der Waals surface area (Å²) in [6.07, 6.45) is -2.91. The van der Waals surface area contributed by atoms with Crippen LogP contribution in [0.2, 0.25) is 0 Å². The maximum absolute atomic E-state index is 12.5. The van der Waals surface area contributed by atoms with Gasteiger partial charge in [-0.1, -0.05) is 0 Å². The lowest BCUT2D eigenvalue weighted by Crippen LogP contribution is -2.03. The van der Waals surface area contributed by atoms with Crippen LogP contribution in [-0.4, -0.2) is 16.1 Å². The van der Waals surface area contributed by atoms with Gasteiger partial charge in [0.25, 0.3) is 0 Å². The number of hydrogen-bond donors (Lipinski definition) is 1. The van der Waals surface area contributed by atoms with Crippen LogP contribution in [0.1, 0.15) is 30.7 Å². The van der Waals surface area contributed by atoms with Crippen LogP contribution in [0.5, 0.6) is 0 Å². The highest BCUT2D eigenvalue weighted by Crippen LogP contribution is 2.31. The number of carboxylic acids is 1. The molecule has 2 rings (SSSR count). The van der Waals surface area contributed by atoms with E-state index in [1.807, 2.05) is 0 Å². The summed E-state index contributed by atoms with van der Waals surface area (Å²) in [5.74, 6) is -0.554. The van der Waals surface area contributed by atoms with Gasteiger partial charge in [0.2, 0.25) is 0 Å². The lowest BCUT2D eigenvalue weighted by Gasteiger charge is -2.04. The molecule has 0 saturated heterocycles. The van der Waals surface area contributed by atoms with Gasteiger partial charge in [-0.3, -0.25) is 4.79 Å². The van der Waals surface area contributed by atoms with Gasteiger partial charge >= 0.3 is 12.1 Å². The fraction of sp³-hybridized carbons (Fsp3) is 0.385. The van der Waals surface area contributed by atoms with Gasteiger partial charge in [0.1, 0.15) is 5.52 Å². The maximum Gasteiger partial charge on any atom is 0.416 e. The van der Waals surface area contributed by atoms with Crippen LogP contribution in [0.25, 0.3) is 11.1 Å². The zero-order valence-corrected chi connectivity index (χ0v) is 10.4. The Morgan fingerprint density at radius 3 is 2.70 bits per heavy atom. The Morgan fingerprint density at radius 1 is 1.30 bits per heavy atom. The van der Waals surface area contributed by atoms with Gasteiger partial charge < -0.3 is 9.52 Å². The van der Waals surface area contributed by atoms with Gasteiger partial charge in [0.05, 0.1) is 5.56 Å². The van der Waals surface area contributed by atoms with Gasteiger partial charge in [0.15, 0.2) is 11.5 Å². The second-order valence-corrected chi connectivity index (χ2v) is 4.39. The van der Waals surface area contributed by atoms with Gasteiger partial charge in [-0.15, -0.1) is 0 Å². The summed E-state index contributed by atoms with van der Waals surface area (Å²) >= 11 is 0. The summed E-state index contributed by atoms with van der Waals surface area (Å²) in [5, 5.41) is 8.49. The van der Waals surface area contributed by atoms with E-state index in [-0.39, 0.29) is 11.9 Å². The zero-order valence-electron chi connectivity index (χ0n) is 10.4. The van der Waals surface area contributed by atoms with Crippen molar-refractivity contribution in [3.63, 3.8) is 0 Å². The van der Waals surface area contributed by atoms with Crippen molar-refractivity contribution in [3.8, 4) is 0 Å². The van der Waals surface area contributed by atoms with E-state index in [0.717, 1.165) is 12.1 Å². The van der Waals surface area contributed by atoms with Crippen molar-refractivity contribution >= 4 is 17.1 Å². The molecule has 2 aromatic rings. The van der Waals surface area contributed by atoms with E-state index >= 15 is 0 Å². The molecule has 0 aliphatic heterocycles. The van der Waals surface area contributed by atoms with Crippen LogP contribution >= 0.6 is 0 Å². The minimum absolute atomic E-state index is 0.0540. The zero-order chi connectivity index (χ0) is 14.8. The van der Waals surface area contributed by atoms with Crippen LogP contribution in [-0.2, 0) is 17.4 Å². The van der Waals surface area contributed by atoms with Crippen molar-refractivity contribution in [1.82, 2.24) is 4.98 Å². The molecule has 1 heterocycles. The van der Waals surface area contributed by atoms with E-state index in [2.05, 4.69) is 4.98 Å². The molecule has 0 aliphatic carbocycles. The summed E-state index contributed by atoms with van der Waals surface area (Å²) < 4.78 is 42.9. The summed E-state index contributed by atoms with van der Waals surface area (Å²) in [5.41, 5.74) is -0.310. The predicted octanol–water partition coefficient (Wildman–Crippen LogP) is 3.64. The number of benzene rings is 1. The molecule has 1 N–H and O–H groups in total. The van der Waals surface area contributed by atoms with Crippen molar-refractivity contribution in [2.45, 2.75) is 31.9 Å². The number of halogens is 3. The molecule has 0 radical (unpaired) electrons. The fourth-order valence-electron chi connectivity index (χ4n) is 1.81. The van der Waals surface area contributed by atoms with Crippen molar-refractivity contribution < 1.29 is 27.5 Å². The number of fused-ring (bicyclic) bond motifs is 1. The first-order valence-electron chi connectivity index (χ1n) is 6.05. The number of alkyl halides is 3. The molecule has 1 aromatic carbocycles. The number of rotatable bonds is 5. The number of unbranched alkanes of at least 4 members (excludes halogenated alkanes) is 1. The fourth-order valence-corrected chi connectivity index (χ4v) is 1.81. The summed E-state index contributed by atoms with van der Waals surface area (Å²) in [6, 6.07) is 3.13. The number of aliphatic carboxylic acids is 1. The summed E-state index contributed by atoms with van der Waals surface area (Å²) in [6.45, 7) is 0. The molecule has 108 valence electrons. The minimum atomic E-state index is -4.41. The number of hydrogen-bond acceptors (Lipinski definition) is 3.